The summed E-state index contributed by atoms with van der Waals surface area (Å²) in [5.74, 6) is -0.981. The molecule has 25 heavy (non-hydrogen) atoms. The fourth-order valence-corrected chi connectivity index (χ4v) is 2.84. The molecule has 3 aromatic rings. The van der Waals surface area contributed by atoms with Crippen LogP contribution in [0.3, 0.4) is 0 Å². The van der Waals surface area contributed by atoms with Crippen molar-refractivity contribution in [2.24, 2.45) is 0 Å². The summed E-state index contributed by atoms with van der Waals surface area (Å²) in [4.78, 5) is 15.4. The average Bonchev–Trinajstić information content (AvgIpc) is 3.04. The van der Waals surface area contributed by atoms with E-state index in [9.17, 15) is 22.4 Å². The molecule has 0 saturated heterocycles. The number of hydrogen-bond donors (Lipinski definition) is 1. The first-order chi connectivity index (χ1) is 11.8. The molecule has 3 rings (SSSR count). The van der Waals surface area contributed by atoms with Gasteiger partial charge in [-0.25, -0.2) is 9.37 Å². The Labute approximate surface area is 144 Å². The number of benzene rings is 2. The molecule has 0 radical (unpaired) electrons. The van der Waals surface area contributed by atoms with E-state index in [1.807, 2.05) is 0 Å². The van der Waals surface area contributed by atoms with Gasteiger partial charge in [0.05, 0.1) is 0 Å². The summed E-state index contributed by atoms with van der Waals surface area (Å²) in [7, 11) is 0. The molecule has 0 aliphatic carbocycles. The maximum Gasteiger partial charge on any atom is 0.434 e. The molecule has 0 fully saturated rings. The van der Waals surface area contributed by atoms with Crippen LogP contribution < -0.4 is 5.32 Å². The minimum atomic E-state index is -4.55. The Kier molecular flexibility index (Phi) is 4.54. The van der Waals surface area contributed by atoms with E-state index >= 15 is 0 Å². The van der Waals surface area contributed by atoms with Crippen LogP contribution in [0.5, 0.6) is 0 Å². The molecule has 0 aliphatic rings. The molecule has 8 heteroatoms. The Hall–Kier alpha value is -2.74. The molecule has 0 bridgehead atoms. The largest absolute Gasteiger partial charge is 0.434 e. The predicted molar refractivity (Wildman–Crippen MR) is 86.9 cm³/mol. The van der Waals surface area contributed by atoms with Gasteiger partial charge in [-0.1, -0.05) is 30.3 Å². The minimum absolute atomic E-state index is 0.143. The molecular weight excluding hydrogens is 356 g/mol. The molecule has 0 atom stereocenters. The summed E-state index contributed by atoms with van der Waals surface area (Å²) in [6, 6.07) is 12.3. The molecule has 1 heterocycles. The maximum absolute atomic E-state index is 13.7. The van der Waals surface area contributed by atoms with Crippen LogP contribution in [0.15, 0.2) is 53.9 Å². The van der Waals surface area contributed by atoms with Crippen LogP contribution in [0.25, 0.3) is 11.1 Å². The van der Waals surface area contributed by atoms with Crippen molar-refractivity contribution in [1.82, 2.24) is 4.98 Å². The van der Waals surface area contributed by atoms with Gasteiger partial charge in [0, 0.05) is 16.5 Å². The van der Waals surface area contributed by atoms with Gasteiger partial charge in [-0.2, -0.15) is 13.2 Å². The van der Waals surface area contributed by atoms with E-state index in [0.717, 1.165) is 5.38 Å². The number of carbonyl (C=O) groups excluding carboxylic acids is 1. The Bertz CT molecular complexity index is 904. The number of alkyl halides is 3. The molecule has 128 valence electrons. The third kappa shape index (κ3) is 3.85. The van der Waals surface area contributed by atoms with Gasteiger partial charge in [0.15, 0.2) is 10.8 Å². The van der Waals surface area contributed by atoms with Crippen LogP contribution in [0.2, 0.25) is 0 Å². The van der Waals surface area contributed by atoms with E-state index in [0.29, 0.717) is 22.5 Å². The van der Waals surface area contributed by atoms with Crippen LogP contribution in [0.1, 0.15) is 16.1 Å². The SMILES string of the molecule is O=C(Nc1nc(C(F)(F)F)cs1)c1ccc(-c2ccccc2F)cc1. The minimum Gasteiger partial charge on any atom is -0.298 e. The van der Waals surface area contributed by atoms with E-state index in [2.05, 4.69) is 10.3 Å². The molecule has 1 amide bonds. The number of nitrogens with one attached hydrogen (secondary N) is 1. The number of nitrogens with zero attached hydrogens (tertiary/aromatic N) is 1. The molecule has 1 N–H and O–H groups in total. The Morgan fingerprint density at radius 2 is 1.72 bits per heavy atom. The molecule has 0 unspecified atom stereocenters. The summed E-state index contributed by atoms with van der Waals surface area (Å²) in [6.45, 7) is 0. The lowest BCUT2D eigenvalue weighted by Crippen LogP contribution is -2.12. The third-order valence-corrected chi connectivity index (χ3v) is 4.10. The lowest BCUT2D eigenvalue weighted by Gasteiger charge is -2.06. The van der Waals surface area contributed by atoms with Crippen molar-refractivity contribution in [2.75, 3.05) is 5.32 Å². The van der Waals surface area contributed by atoms with E-state index in [4.69, 9.17) is 0 Å². The molecule has 0 spiro atoms. The van der Waals surface area contributed by atoms with Crippen LogP contribution in [0, 0.1) is 5.82 Å². The number of carbonyl (C=O) groups is 1. The van der Waals surface area contributed by atoms with Crippen LogP contribution >= 0.6 is 11.3 Å². The van der Waals surface area contributed by atoms with E-state index in [-0.39, 0.29) is 16.5 Å². The normalized spacial score (nSPS) is 11.4. The van der Waals surface area contributed by atoms with Crippen molar-refractivity contribution in [1.29, 1.82) is 0 Å². The second-order valence-electron chi connectivity index (χ2n) is 5.05. The van der Waals surface area contributed by atoms with Crippen molar-refractivity contribution in [3.05, 3.63) is 71.0 Å². The van der Waals surface area contributed by atoms with Crippen molar-refractivity contribution in [3.63, 3.8) is 0 Å². The quantitative estimate of drug-likeness (QED) is 0.646. The zero-order valence-electron chi connectivity index (χ0n) is 12.5. The first kappa shape index (κ1) is 17.1. The topological polar surface area (TPSA) is 42.0 Å². The fourth-order valence-electron chi connectivity index (χ4n) is 2.13. The van der Waals surface area contributed by atoms with Crippen molar-refractivity contribution < 1.29 is 22.4 Å². The summed E-state index contributed by atoms with van der Waals surface area (Å²) < 4.78 is 51.2. The highest BCUT2D eigenvalue weighted by atomic mass is 32.1. The molecule has 3 nitrogen and oxygen atoms in total. The van der Waals surface area contributed by atoms with Gasteiger partial charge in [0.1, 0.15) is 5.82 Å². The van der Waals surface area contributed by atoms with Crippen LogP contribution in [-0.2, 0) is 6.18 Å². The first-order valence-electron chi connectivity index (χ1n) is 7.03. The second-order valence-corrected chi connectivity index (χ2v) is 5.91. The highest BCUT2D eigenvalue weighted by molar-refractivity contribution is 7.14. The van der Waals surface area contributed by atoms with Gasteiger partial charge < -0.3 is 0 Å². The third-order valence-electron chi connectivity index (χ3n) is 3.35. The van der Waals surface area contributed by atoms with Crippen molar-refractivity contribution in [3.8, 4) is 11.1 Å². The number of anilines is 1. The Morgan fingerprint density at radius 3 is 2.32 bits per heavy atom. The standard InChI is InChI=1S/C17H10F4N2OS/c18-13-4-2-1-3-12(13)10-5-7-11(8-6-10)15(24)23-16-22-14(9-25-16)17(19,20)21/h1-9H,(H,22,23,24). The smallest absolute Gasteiger partial charge is 0.298 e. The zero-order chi connectivity index (χ0) is 18.0. The number of halogens is 4. The first-order valence-corrected chi connectivity index (χ1v) is 7.91. The van der Waals surface area contributed by atoms with Crippen molar-refractivity contribution >= 4 is 22.4 Å². The summed E-state index contributed by atoms with van der Waals surface area (Å²) >= 11 is 0.689. The van der Waals surface area contributed by atoms with Gasteiger partial charge in [-0.3, -0.25) is 10.1 Å². The maximum atomic E-state index is 13.7. The number of thiazole rings is 1. The second kappa shape index (κ2) is 6.64. The zero-order valence-corrected chi connectivity index (χ0v) is 13.3. The predicted octanol–water partition coefficient (Wildman–Crippen LogP) is 5.22. The highest BCUT2D eigenvalue weighted by Gasteiger charge is 2.33. The monoisotopic (exact) mass is 366 g/mol. The number of aromatic nitrogens is 1. The lowest BCUT2D eigenvalue weighted by atomic mass is 10.0. The van der Waals surface area contributed by atoms with E-state index < -0.39 is 17.8 Å². The van der Waals surface area contributed by atoms with Crippen LogP contribution in [0.4, 0.5) is 22.7 Å². The summed E-state index contributed by atoms with van der Waals surface area (Å²) in [5.41, 5.74) is 0.152. The van der Waals surface area contributed by atoms with E-state index in [1.165, 1.54) is 18.2 Å². The van der Waals surface area contributed by atoms with E-state index in [1.54, 1.807) is 30.3 Å². The number of amides is 1. The molecule has 0 saturated carbocycles. The van der Waals surface area contributed by atoms with Gasteiger partial charge in [0.25, 0.3) is 5.91 Å². The molecule has 1 aromatic heterocycles. The van der Waals surface area contributed by atoms with Gasteiger partial charge in [0.2, 0.25) is 0 Å². The van der Waals surface area contributed by atoms with Gasteiger partial charge in [-0.15, -0.1) is 11.3 Å². The lowest BCUT2D eigenvalue weighted by molar-refractivity contribution is -0.140. The summed E-state index contributed by atoms with van der Waals surface area (Å²) in [6.07, 6.45) is -4.55. The summed E-state index contributed by atoms with van der Waals surface area (Å²) in [5, 5.41) is 3.00. The highest BCUT2D eigenvalue weighted by Crippen LogP contribution is 2.31. The van der Waals surface area contributed by atoms with Crippen molar-refractivity contribution in [2.45, 2.75) is 6.18 Å². The number of hydrogen-bond acceptors (Lipinski definition) is 3. The molecule has 0 aliphatic heterocycles. The fraction of sp³-hybridized carbons (Fsp3) is 0.0588. The number of rotatable bonds is 3. The van der Waals surface area contributed by atoms with Gasteiger partial charge >= 0.3 is 6.18 Å². The van der Waals surface area contributed by atoms with Gasteiger partial charge in [-0.05, 0) is 23.8 Å². The molecular formula is C17H10F4N2OS. The average molecular weight is 366 g/mol. The molecule has 2 aromatic carbocycles. The Balaban J connectivity index is 1.75. The van der Waals surface area contributed by atoms with Crippen LogP contribution in [-0.4, -0.2) is 10.9 Å². The Morgan fingerprint density at radius 1 is 1.04 bits per heavy atom.